The average Bonchev–Trinajstić information content (AvgIpc) is 2.79. The van der Waals surface area contributed by atoms with Crippen LogP contribution in [0.3, 0.4) is 0 Å². The van der Waals surface area contributed by atoms with E-state index in [1.807, 2.05) is 42.5 Å². The van der Waals surface area contributed by atoms with Gasteiger partial charge in [-0.05, 0) is 54.7 Å². The first kappa shape index (κ1) is 18.9. The van der Waals surface area contributed by atoms with Crippen LogP contribution in [0.4, 0.5) is 11.5 Å². The zero-order chi connectivity index (χ0) is 20.1. The third-order valence-electron chi connectivity index (χ3n) is 5.13. The van der Waals surface area contributed by atoms with Crippen molar-refractivity contribution in [2.45, 2.75) is 19.3 Å². The number of anilines is 2. The summed E-state index contributed by atoms with van der Waals surface area (Å²) < 4.78 is 5.37. The molecule has 1 amide bonds. The van der Waals surface area contributed by atoms with Gasteiger partial charge in [0.15, 0.2) is 5.69 Å². The lowest BCUT2D eigenvalue weighted by atomic mass is 10.0. The van der Waals surface area contributed by atoms with Crippen molar-refractivity contribution in [3.63, 3.8) is 0 Å². The lowest BCUT2D eigenvalue weighted by Crippen LogP contribution is -2.36. The van der Waals surface area contributed by atoms with E-state index in [9.17, 15) is 4.79 Å². The number of ether oxygens (including phenoxy) is 1. The number of para-hydroxylation sites is 2. The van der Waals surface area contributed by atoms with Crippen molar-refractivity contribution < 1.29 is 9.53 Å². The number of methoxy groups -OCH3 is 1. The molecular weight excluding hydrogens is 364 g/mol. The van der Waals surface area contributed by atoms with E-state index in [0.717, 1.165) is 36.3 Å². The van der Waals surface area contributed by atoms with Crippen molar-refractivity contribution in [3.8, 4) is 5.75 Å². The fourth-order valence-electron chi connectivity index (χ4n) is 3.66. The molecule has 0 unspecified atom stereocenters. The largest absolute Gasteiger partial charge is 0.496 e. The Balaban J connectivity index is 1.39. The number of carbonyl (C=O) groups is 1. The minimum atomic E-state index is -0.106. The molecule has 6 nitrogen and oxygen atoms in total. The Morgan fingerprint density at radius 3 is 2.72 bits per heavy atom. The molecule has 0 spiro atoms. The predicted octanol–water partition coefficient (Wildman–Crippen LogP) is 3.73. The van der Waals surface area contributed by atoms with Crippen LogP contribution in [0.25, 0.3) is 0 Å². The fourth-order valence-corrected chi connectivity index (χ4v) is 3.66. The van der Waals surface area contributed by atoms with E-state index in [1.165, 1.54) is 5.56 Å². The standard InChI is InChI=1S/C23H24N4O2/c1-29-21-11-5-3-8-18(21)14-15-24-22-13-12-19(25-26-22)23(28)27-16-6-9-17-7-2-4-10-20(17)27/h2-5,7-8,10-13H,6,9,14-16H2,1H3,(H,24,26). The Kier molecular flexibility index (Phi) is 5.70. The second-order valence-corrected chi connectivity index (χ2v) is 6.98. The summed E-state index contributed by atoms with van der Waals surface area (Å²) in [6.07, 6.45) is 2.76. The van der Waals surface area contributed by atoms with Gasteiger partial charge in [-0.2, -0.15) is 0 Å². The Morgan fingerprint density at radius 1 is 1.07 bits per heavy atom. The number of benzene rings is 2. The van der Waals surface area contributed by atoms with Crippen LogP contribution in [0.5, 0.6) is 5.75 Å². The molecule has 3 aromatic rings. The molecule has 0 saturated heterocycles. The molecule has 4 rings (SSSR count). The Labute approximate surface area is 170 Å². The van der Waals surface area contributed by atoms with Crippen molar-refractivity contribution in [2.75, 3.05) is 30.4 Å². The quantitative estimate of drug-likeness (QED) is 0.697. The summed E-state index contributed by atoms with van der Waals surface area (Å²) in [6, 6.07) is 19.5. The molecule has 2 aromatic carbocycles. The molecule has 0 fully saturated rings. The van der Waals surface area contributed by atoms with Crippen LogP contribution in [0, 0.1) is 0 Å². The topological polar surface area (TPSA) is 67.3 Å². The minimum absolute atomic E-state index is 0.106. The number of aryl methyl sites for hydroxylation is 1. The van der Waals surface area contributed by atoms with Gasteiger partial charge in [0, 0.05) is 18.8 Å². The van der Waals surface area contributed by atoms with Gasteiger partial charge in [-0.3, -0.25) is 4.79 Å². The molecule has 6 heteroatoms. The smallest absolute Gasteiger partial charge is 0.278 e. The predicted molar refractivity (Wildman–Crippen MR) is 114 cm³/mol. The maximum absolute atomic E-state index is 12.9. The number of rotatable bonds is 6. The second-order valence-electron chi connectivity index (χ2n) is 6.98. The normalized spacial score (nSPS) is 12.9. The van der Waals surface area contributed by atoms with Crippen molar-refractivity contribution in [1.29, 1.82) is 0 Å². The highest BCUT2D eigenvalue weighted by Gasteiger charge is 2.24. The highest BCUT2D eigenvalue weighted by atomic mass is 16.5. The minimum Gasteiger partial charge on any atom is -0.496 e. The molecule has 0 bridgehead atoms. The lowest BCUT2D eigenvalue weighted by molar-refractivity contribution is 0.0979. The number of fused-ring (bicyclic) bond motifs is 1. The van der Waals surface area contributed by atoms with E-state index in [2.05, 4.69) is 21.6 Å². The fraction of sp³-hybridized carbons (Fsp3) is 0.261. The molecule has 0 radical (unpaired) electrons. The first-order chi connectivity index (χ1) is 14.3. The van der Waals surface area contributed by atoms with Gasteiger partial charge in [0.05, 0.1) is 7.11 Å². The van der Waals surface area contributed by atoms with Crippen LogP contribution in [-0.2, 0) is 12.8 Å². The maximum Gasteiger partial charge on any atom is 0.278 e. The number of nitrogens with zero attached hydrogens (tertiary/aromatic N) is 3. The third-order valence-corrected chi connectivity index (χ3v) is 5.13. The summed E-state index contributed by atoms with van der Waals surface area (Å²) in [5.41, 5.74) is 3.67. The van der Waals surface area contributed by atoms with E-state index in [4.69, 9.17) is 4.74 Å². The molecule has 1 aliphatic heterocycles. The van der Waals surface area contributed by atoms with Crippen LogP contribution >= 0.6 is 0 Å². The van der Waals surface area contributed by atoms with Gasteiger partial charge in [0.2, 0.25) is 0 Å². The zero-order valence-corrected chi connectivity index (χ0v) is 16.5. The van der Waals surface area contributed by atoms with Crippen LogP contribution in [0.1, 0.15) is 28.0 Å². The molecular formula is C23H24N4O2. The molecule has 0 atom stereocenters. The molecule has 1 aliphatic rings. The Hall–Kier alpha value is -3.41. The van der Waals surface area contributed by atoms with Crippen molar-refractivity contribution in [1.82, 2.24) is 10.2 Å². The molecule has 0 saturated carbocycles. The first-order valence-corrected chi connectivity index (χ1v) is 9.85. The number of hydrogen-bond acceptors (Lipinski definition) is 5. The summed E-state index contributed by atoms with van der Waals surface area (Å²) in [6.45, 7) is 1.40. The summed E-state index contributed by atoms with van der Waals surface area (Å²) in [5, 5.41) is 11.6. The van der Waals surface area contributed by atoms with Crippen LogP contribution < -0.4 is 15.0 Å². The number of carbonyl (C=O) groups excluding carboxylic acids is 1. The van der Waals surface area contributed by atoms with E-state index >= 15 is 0 Å². The molecule has 148 valence electrons. The monoisotopic (exact) mass is 388 g/mol. The molecule has 0 aliphatic carbocycles. The van der Waals surface area contributed by atoms with Gasteiger partial charge < -0.3 is 15.0 Å². The van der Waals surface area contributed by atoms with Gasteiger partial charge in [0.25, 0.3) is 5.91 Å². The van der Waals surface area contributed by atoms with E-state index < -0.39 is 0 Å². The number of hydrogen-bond donors (Lipinski definition) is 1. The third kappa shape index (κ3) is 4.21. The van der Waals surface area contributed by atoms with Crippen molar-refractivity contribution >= 4 is 17.4 Å². The molecule has 1 aromatic heterocycles. The van der Waals surface area contributed by atoms with Gasteiger partial charge >= 0.3 is 0 Å². The molecule has 2 heterocycles. The van der Waals surface area contributed by atoms with E-state index in [1.54, 1.807) is 24.1 Å². The van der Waals surface area contributed by atoms with E-state index in [0.29, 0.717) is 24.6 Å². The number of aromatic nitrogens is 2. The average molecular weight is 388 g/mol. The number of nitrogens with one attached hydrogen (secondary N) is 1. The second kappa shape index (κ2) is 8.73. The zero-order valence-electron chi connectivity index (χ0n) is 16.5. The summed E-state index contributed by atoms with van der Waals surface area (Å²) in [4.78, 5) is 14.7. The summed E-state index contributed by atoms with van der Waals surface area (Å²) in [5.74, 6) is 1.42. The lowest BCUT2D eigenvalue weighted by Gasteiger charge is -2.29. The molecule has 29 heavy (non-hydrogen) atoms. The van der Waals surface area contributed by atoms with Crippen molar-refractivity contribution in [2.24, 2.45) is 0 Å². The van der Waals surface area contributed by atoms with Gasteiger partial charge in [-0.25, -0.2) is 0 Å². The van der Waals surface area contributed by atoms with Gasteiger partial charge in [-0.15, -0.1) is 10.2 Å². The highest BCUT2D eigenvalue weighted by molar-refractivity contribution is 6.05. The SMILES string of the molecule is COc1ccccc1CCNc1ccc(C(=O)N2CCCc3ccccc32)nn1. The van der Waals surface area contributed by atoms with Gasteiger partial charge in [-0.1, -0.05) is 36.4 Å². The van der Waals surface area contributed by atoms with Crippen LogP contribution in [-0.4, -0.2) is 36.3 Å². The Bertz CT molecular complexity index is 988. The molecule has 1 N–H and O–H groups in total. The maximum atomic E-state index is 12.9. The van der Waals surface area contributed by atoms with Crippen molar-refractivity contribution in [3.05, 3.63) is 77.5 Å². The van der Waals surface area contributed by atoms with E-state index in [-0.39, 0.29) is 5.91 Å². The highest BCUT2D eigenvalue weighted by Crippen LogP contribution is 2.27. The number of amides is 1. The van der Waals surface area contributed by atoms with Crippen LogP contribution in [0.15, 0.2) is 60.7 Å². The summed E-state index contributed by atoms with van der Waals surface area (Å²) in [7, 11) is 1.67. The summed E-state index contributed by atoms with van der Waals surface area (Å²) >= 11 is 0. The first-order valence-electron chi connectivity index (χ1n) is 9.85. The van der Waals surface area contributed by atoms with Crippen LogP contribution in [0.2, 0.25) is 0 Å². The van der Waals surface area contributed by atoms with Gasteiger partial charge in [0.1, 0.15) is 11.6 Å². The Morgan fingerprint density at radius 2 is 1.90 bits per heavy atom.